The van der Waals surface area contributed by atoms with Crippen LogP contribution in [0.3, 0.4) is 0 Å². The third-order valence-electron chi connectivity index (χ3n) is 4.04. The van der Waals surface area contributed by atoms with Gasteiger partial charge in [0, 0.05) is 25.9 Å². The first-order valence-corrected chi connectivity index (χ1v) is 8.83. The summed E-state index contributed by atoms with van der Waals surface area (Å²) in [5.74, 6) is 1.58. The van der Waals surface area contributed by atoms with E-state index in [1.165, 1.54) is 0 Å². The van der Waals surface area contributed by atoms with Gasteiger partial charge in [0.25, 0.3) is 0 Å². The predicted octanol–water partition coefficient (Wildman–Crippen LogP) is 2.07. The maximum Gasteiger partial charge on any atom is 0.317 e. The van der Waals surface area contributed by atoms with E-state index < -0.39 is 0 Å². The molecule has 8 heteroatoms. The van der Waals surface area contributed by atoms with Crippen molar-refractivity contribution in [2.45, 2.75) is 17.6 Å². The molecule has 7 nitrogen and oxygen atoms in total. The second-order valence-corrected chi connectivity index (χ2v) is 6.64. The molecule has 24 heavy (non-hydrogen) atoms. The molecule has 0 aliphatic carbocycles. The zero-order valence-corrected chi connectivity index (χ0v) is 14.6. The summed E-state index contributed by atoms with van der Waals surface area (Å²) < 4.78 is 7.12. The second-order valence-electron chi connectivity index (χ2n) is 5.58. The Bertz CT molecular complexity index is 705. The fourth-order valence-electron chi connectivity index (χ4n) is 2.63. The minimum Gasteiger partial charge on any atom is -0.497 e. The summed E-state index contributed by atoms with van der Waals surface area (Å²) in [6, 6.07) is 8.01. The maximum atomic E-state index is 12.3. The Morgan fingerprint density at radius 3 is 3.04 bits per heavy atom. The average Bonchev–Trinajstić information content (AvgIpc) is 2.96. The highest BCUT2D eigenvalue weighted by Crippen LogP contribution is 2.34. The molecule has 0 radical (unpaired) electrons. The number of benzene rings is 1. The third kappa shape index (κ3) is 3.64. The summed E-state index contributed by atoms with van der Waals surface area (Å²) in [5, 5.41) is 11.7. The number of methoxy groups -OCH3 is 1. The lowest BCUT2D eigenvalue weighted by Gasteiger charge is -2.41. The minimum absolute atomic E-state index is 0.0207. The number of hydrogen-bond acceptors (Lipinski definition) is 5. The van der Waals surface area contributed by atoms with Gasteiger partial charge >= 0.3 is 6.03 Å². The molecular weight excluding hydrogens is 326 g/mol. The van der Waals surface area contributed by atoms with Gasteiger partial charge in [0.1, 0.15) is 12.1 Å². The summed E-state index contributed by atoms with van der Waals surface area (Å²) in [7, 11) is 3.55. The van der Waals surface area contributed by atoms with Crippen molar-refractivity contribution < 1.29 is 9.53 Å². The van der Waals surface area contributed by atoms with Crippen molar-refractivity contribution in [2.24, 2.45) is 7.05 Å². The molecule has 0 bridgehead atoms. The van der Waals surface area contributed by atoms with E-state index in [2.05, 4.69) is 15.5 Å². The number of nitrogens with one attached hydrogen (secondary N) is 1. The lowest BCUT2D eigenvalue weighted by Crippen LogP contribution is -2.50. The molecule has 1 aliphatic heterocycles. The van der Waals surface area contributed by atoms with Crippen molar-refractivity contribution in [3.8, 4) is 5.75 Å². The Morgan fingerprint density at radius 2 is 2.38 bits per heavy atom. The quantitative estimate of drug-likeness (QED) is 0.640. The number of aryl methyl sites for hydroxylation is 1. The molecule has 128 valence electrons. The fraction of sp³-hybridized carbons (Fsp3) is 0.438. The fourth-order valence-corrected chi connectivity index (χ4v) is 3.37. The lowest BCUT2D eigenvalue weighted by atomic mass is 9.95. The van der Waals surface area contributed by atoms with E-state index in [4.69, 9.17) is 4.74 Å². The molecule has 1 unspecified atom stereocenters. The van der Waals surface area contributed by atoms with Crippen LogP contribution in [-0.4, -0.2) is 51.6 Å². The van der Waals surface area contributed by atoms with Gasteiger partial charge in [0.05, 0.1) is 13.2 Å². The average molecular weight is 347 g/mol. The first kappa shape index (κ1) is 16.6. The van der Waals surface area contributed by atoms with E-state index in [0.717, 1.165) is 35.2 Å². The van der Waals surface area contributed by atoms with E-state index in [9.17, 15) is 4.79 Å². The van der Waals surface area contributed by atoms with Crippen LogP contribution in [0.2, 0.25) is 0 Å². The first-order chi connectivity index (χ1) is 11.7. The molecular formula is C16H21N5O2S. The van der Waals surface area contributed by atoms with Crippen molar-refractivity contribution in [3.05, 3.63) is 36.2 Å². The van der Waals surface area contributed by atoms with E-state index in [0.29, 0.717) is 6.54 Å². The molecule has 1 saturated heterocycles. The van der Waals surface area contributed by atoms with Gasteiger partial charge in [-0.2, -0.15) is 0 Å². The molecule has 2 amide bonds. The molecule has 1 N–H and O–H groups in total. The van der Waals surface area contributed by atoms with Gasteiger partial charge in [-0.15, -0.1) is 10.2 Å². The van der Waals surface area contributed by atoms with Crippen LogP contribution in [-0.2, 0) is 7.05 Å². The van der Waals surface area contributed by atoms with Crippen LogP contribution < -0.4 is 10.1 Å². The number of likely N-dealkylation sites (tertiary alicyclic amines) is 1. The number of ether oxygens (including phenoxy) is 1. The van der Waals surface area contributed by atoms with Gasteiger partial charge in [-0.05, 0) is 24.1 Å². The van der Waals surface area contributed by atoms with Crippen LogP contribution in [0.5, 0.6) is 5.75 Å². The summed E-state index contributed by atoms with van der Waals surface area (Å²) >= 11 is 1.57. The number of carbonyl (C=O) groups excluding carboxylic acids is 1. The van der Waals surface area contributed by atoms with Crippen LogP contribution in [0.25, 0.3) is 0 Å². The number of thioether (sulfide) groups is 1. The topological polar surface area (TPSA) is 72.3 Å². The molecule has 1 atom stereocenters. The number of rotatable bonds is 6. The maximum absolute atomic E-state index is 12.3. The molecule has 1 aliphatic rings. The highest BCUT2D eigenvalue weighted by Gasteiger charge is 2.33. The number of amides is 2. The Morgan fingerprint density at radius 1 is 1.50 bits per heavy atom. The number of nitrogens with zero attached hydrogens (tertiary/aromatic N) is 4. The minimum atomic E-state index is -0.0207. The summed E-state index contributed by atoms with van der Waals surface area (Å²) in [6.07, 6.45) is 2.65. The van der Waals surface area contributed by atoms with Crippen LogP contribution in [0.15, 0.2) is 35.7 Å². The normalized spacial score (nSPS) is 16.6. The van der Waals surface area contributed by atoms with E-state index >= 15 is 0 Å². The second kappa shape index (κ2) is 7.57. The molecule has 3 rings (SSSR count). The zero-order valence-electron chi connectivity index (χ0n) is 13.8. The van der Waals surface area contributed by atoms with E-state index in [-0.39, 0.29) is 12.1 Å². The van der Waals surface area contributed by atoms with Crippen molar-refractivity contribution in [1.29, 1.82) is 0 Å². The standard InChI is InChI=1S/C16H21N5O2S/c1-20-11-18-19-16(20)24-9-7-17-15(22)21-8-6-14(21)12-4-3-5-13(10-12)23-2/h3-5,10-11,14H,6-9H2,1-2H3,(H,17,22). The highest BCUT2D eigenvalue weighted by molar-refractivity contribution is 7.99. The van der Waals surface area contributed by atoms with Crippen LogP contribution in [0, 0.1) is 0 Å². The molecule has 1 aromatic heterocycles. The number of hydrogen-bond donors (Lipinski definition) is 1. The Kier molecular flexibility index (Phi) is 5.24. The van der Waals surface area contributed by atoms with Crippen molar-refractivity contribution in [1.82, 2.24) is 25.0 Å². The largest absolute Gasteiger partial charge is 0.497 e. The van der Waals surface area contributed by atoms with E-state index in [1.54, 1.807) is 25.2 Å². The first-order valence-electron chi connectivity index (χ1n) is 7.84. The zero-order chi connectivity index (χ0) is 16.9. The third-order valence-corrected chi connectivity index (χ3v) is 5.07. The highest BCUT2D eigenvalue weighted by atomic mass is 32.2. The smallest absolute Gasteiger partial charge is 0.317 e. The number of urea groups is 1. The molecule has 0 spiro atoms. The Labute approximate surface area is 145 Å². The van der Waals surface area contributed by atoms with Gasteiger partial charge in [-0.1, -0.05) is 23.9 Å². The van der Waals surface area contributed by atoms with Gasteiger partial charge < -0.3 is 19.5 Å². The predicted molar refractivity (Wildman–Crippen MR) is 92.2 cm³/mol. The van der Waals surface area contributed by atoms with Crippen LogP contribution in [0.4, 0.5) is 4.79 Å². The van der Waals surface area contributed by atoms with Crippen molar-refractivity contribution in [3.63, 3.8) is 0 Å². The molecule has 2 heterocycles. The van der Waals surface area contributed by atoms with Gasteiger partial charge in [-0.3, -0.25) is 0 Å². The summed E-state index contributed by atoms with van der Waals surface area (Å²) in [4.78, 5) is 14.2. The lowest BCUT2D eigenvalue weighted by molar-refractivity contribution is 0.115. The number of aromatic nitrogens is 3. The summed E-state index contributed by atoms with van der Waals surface area (Å²) in [5.41, 5.74) is 1.12. The van der Waals surface area contributed by atoms with E-state index in [1.807, 2.05) is 40.8 Å². The Balaban J connectivity index is 1.47. The van der Waals surface area contributed by atoms with Crippen LogP contribution in [0.1, 0.15) is 18.0 Å². The van der Waals surface area contributed by atoms with Crippen molar-refractivity contribution >= 4 is 17.8 Å². The molecule has 1 aromatic carbocycles. The Hall–Kier alpha value is -2.22. The molecule has 2 aromatic rings. The van der Waals surface area contributed by atoms with Crippen molar-refractivity contribution in [2.75, 3.05) is 26.0 Å². The summed E-state index contributed by atoms with van der Waals surface area (Å²) in [6.45, 7) is 1.38. The van der Waals surface area contributed by atoms with Gasteiger partial charge in [-0.25, -0.2) is 4.79 Å². The molecule has 1 fully saturated rings. The molecule has 0 saturated carbocycles. The number of carbonyl (C=O) groups is 1. The van der Waals surface area contributed by atoms with Gasteiger partial charge in [0.2, 0.25) is 0 Å². The monoisotopic (exact) mass is 347 g/mol. The SMILES string of the molecule is COc1cccc(C2CCN2C(=O)NCCSc2nncn2C)c1. The van der Waals surface area contributed by atoms with Gasteiger partial charge in [0.15, 0.2) is 5.16 Å². The van der Waals surface area contributed by atoms with Crippen LogP contribution >= 0.6 is 11.8 Å².